The first-order valence-corrected chi connectivity index (χ1v) is 10.9. The fourth-order valence-electron chi connectivity index (χ4n) is 3.95. The van der Waals surface area contributed by atoms with Gasteiger partial charge in [0.25, 0.3) is 0 Å². The van der Waals surface area contributed by atoms with Crippen molar-refractivity contribution >= 4 is 17.5 Å². The lowest BCUT2D eigenvalue weighted by molar-refractivity contribution is -0.133. The Kier molecular flexibility index (Phi) is 6.38. The van der Waals surface area contributed by atoms with Gasteiger partial charge < -0.3 is 9.42 Å². The van der Waals surface area contributed by atoms with Crippen LogP contribution in [0.25, 0.3) is 11.4 Å². The zero-order valence-corrected chi connectivity index (χ0v) is 18.9. The van der Waals surface area contributed by atoms with Crippen molar-refractivity contribution < 1.29 is 9.32 Å². The molecule has 1 fully saturated rings. The van der Waals surface area contributed by atoms with Gasteiger partial charge in [0.2, 0.25) is 17.6 Å². The van der Waals surface area contributed by atoms with Crippen LogP contribution in [0, 0.1) is 13.8 Å². The van der Waals surface area contributed by atoms with Crippen molar-refractivity contribution in [3.05, 3.63) is 52.1 Å². The molecule has 9 heteroatoms. The van der Waals surface area contributed by atoms with Gasteiger partial charge in [0, 0.05) is 55.9 Å². The van der Waals surface area contributed by atoms with Gasteiger partial charge in [-0.15, -0.1) is 0 Å². The summed E-state index contributed by atoms with van der Waals surface area (Å²) in [6.07, 6.45) is 1.25. The number of carbonyl (C=O) groups excluding carboxylic acids is 1. The molecule has 0 spiro atoms. The van der Waals surface area contributed by atoms with Crippen LogP contribution in [0.5, 0.6) is 0 Å². The summed E-state index contributed by atoms with van der Waals surface area (Å²) in [5.74, 6) is 1.33. The summed E-state index contributed by atoms with van der Waals surface area (Å²) in [6.45, 7) is 7.63. The van der Waals surface area contributed by atoms with Crippen molar-refractivity contribution in [2.75, 3.05) is 26.2 Å². The van der Waals surface area contributed by atoms with Crippen LogP contribution in [-0.4, -0.2) is 61.8 Å². The highest BCUT2D eigenvalue weighted by atomic mass is 35.5. The number of hydrogen-bond acceptors (Lipinski definition) is 6. The van der Waals surface area contributed by atoms with Gasteiger partial charge >= 0.3 is 0 Å². The molecule has 8 nitrogen and oxygen atoms in total. The maximum absolute atomic E-state index is 12.7. The number of halogens is 1. The first-order valence-electron chi connectivity index (χ1n) is 10.5. The second-order valence-corrected chi connectivity index (χ2v) is 8.38. The van der Waals surface area contributed by atoms with Gasteiger partial charge in [0.15, 0.2) is 0 Å². The van der Waals surface area contributed by atoms with Crippen molar-refractivity contribution in [2.24, 2.45) is 7.05 Å². The zero-order chi connectivity index (χ0) is 22.0. The molecule has 1 amide bonds. The predicted molar refractivity (Wildman–Crippen MR) is 118 cm³/mol. The normalized spacial score (nSPS) is 14.9. The highest BCUT2D eigenvalue weighted by Crippen LogP contribution is 2.20. The van der Waals surface area contributed by atoms with Crippen LogP contribution in [0.15, 0.2) is 28.8 Å². The molecule has 0 aliphatic carbocycles. The molecule has 0 unspecified atom stereocenters. The maximum atomic E-state index is 12.7. The topological polar surface area (TPSA) is 80.3 Å². The maximum Gasteiger partial charge on any atom is 0.241 e. The van der Waals surface area contributed by atoms with Crippen LogP contribution in [-0.2, 0) is 24.8 Å². The van der Waals surface area contributed by atoms with Crippen LogP contribution in [0.1, 0.15) is 29.3 Å². The van der Waals surface area contributed by atoms with Gasteiger partial charge in [0.05, 0.1) is 12.2 Å². The molecule has 164 valence electrons. The number of benzene rings is 1. The number of piperazine rings is 1. The van der Waals surface area contributed by atoms with Crippen LogP contribution in [0.4, 0.5) is 0 Å². The third kappa shape index (κ3) is 4.97. The summed E-state index contributed by atoms with van der Waals surface area (Å²) >= 11 is 5.93. The zero-order valence-electron chi connectivity index (χ0n) is 18.1. The average molecular weight is 443 g/mol. The van der Waals surface area contributed by atoms with E-state index >= 15 is 0 Å². The van der Waals surface area contributed by atoms with Crippen LogP contribution >= 0.6 is 11.6 Å². The molecule has 1 aromatic carbocycles. The van der Waals surface area contributed by atoms with Crippen LogP contribution in [0.2, 0.25) is 5.02 Å². The van der Waals surface area contributed by atoms with E-state index in [1.165, 1.54) is 5.56 Å². The molecule has 1 saturated heterocycles. The molecular formula is C22H27ClN6O2. The lowest BCUT2D eigenvalue weighted by Gasteiger charge is -2.34. The number of aromatic nitrogens is 4. The highest BCUT2D eigenvalue weighted by molar-refractivity contribution is 6.30. The lowest BCUT2D eigenvalue weighted by Crippen LogP contribution is -2.48. The molecule has 4 rings (SSSR count). The van der Waals surface area contributed by atoms with Gasteiger partial charge in [-0.05, 0) is 50.1 Å². The average Bonchev–Trinajstić information content (AvgIpc) is 3.32. The Morgan fingerprint density at radius 1 is 1.13 bits per heavy atom. The number of nitrogens with zero attached hydrogens (tertiary/aromatic N) is 6. The van der Waals surface area contributed by atoms with Crippen molar-refractivity contribution in [1.82, 2.24) is 29.7 Å². The largest absolute Gasteiger partial charge is 0.340 e. The minimum atomic E-state index is 0.199. The number of rotatable bonds is 6. The van der Waals surface area contributed by atoms with E-state index in [2.05, 4.69) is 27.1 Å². The van der Waals surface area contributed by atoms with Gasteiger partial charge in [-0.1, -0.05) is 16.8 Å². The summed E-state index contributed by atoms with van der Waals surface area (Å²) in [6, 6.07) is 7.35. The van der Waals surface area contributed by atoms with Crippen molar-refractivity contribution in [2.45, 2.75) is 33.2 Å². The van der Waals surface area contributed by atoms with E-state index in [9.17, 15) is 4.79 Å². The second-order valence-electron chi connectivity index (χ2n) is 7.95. The van der Waals surface area contributed by atoms with E-state index in [1.807, 2.05) is 35.7 Å². The summed E-state index contributed by atoms with van der Waals surface area (Å²) in [5.41, 5.74) is 4.19. The Balaban J connectivity index is 1.26. The fraction of sp³-hybridized carbons (Fsp3) is 0.455. The number of aryl methyl sites for hydroxylation is 2. The summed E-state index contributed by atoms with van der Waals surface area (Å²) < 4.78 is 7.29. The molecule has 1 aliphatic rings. The fourth-order valence-corrected chi connectivity index (χ4v) is 4.08. The minimum absolute atomic E-state index is 0.199. The molecule has 1 aliphatic heterocycles. The molecule has 0 atom stereocenters. The van der Waals surface area contributed by atoms with Crippen molar-refractivity contribution in [3.8, 4) is 11.4 Å². The first-order chi connectivity index (χ1) is 14.9. The quantitative estimate of drug-likeness (QED) is 0.583. The Bertz CT molecular complexity index is 1050. The monoisotopic (exact) mass is 442 g/mol. The third-order valence-corrected chi connectivity index (χ3v) is 6.15. The first kappa shape index (κ1) is 21.5. The SMILES string of the molecule is Cc1nn(C)c(C)c1CCC(=O)N1CCN(Cc2nc(-c3ccc(Cl)cc3)no2)CC1. The molecule has 0 N–H and O–H groups in total. The van der Waals surface area contributed by atoms with Gasteiger partial charge in [0.1, 0.15) is 0 Å². The highest BCUT2D eigenvalue weighted by Gasteiger charge is 2.23. The van der Waals surface area contributed by atoms with Crippen molar-refractivity contribution in [1.29, 1.82) is 0 Å². The molecule has 31 heavy (non-hydrogen) atoms. The van der Waals surface area contributed by atoms with Crippen molar-refractivity contribution in [3.63, 3.8) is 0 Å². The standard InChI is InChI=1S/C22H27ClN6O2/c1-15-19(16(2)27(3)25-15)8-9-21(30)29-12-10-28(11-13-29)14-20-24-22(26-31-20)17-4-6-18(23)7-5-17/h4-7H,8-14H2,1-3H3. The Morgan fingerprint density at radius 2 is 1.84 bits per heavy atom. The van der Waals surface area contributed by atoms with E-state index in [0.29, 0.717) is 42.8 Å². The van der Waals surface area contributed by atoms with E-state index < -0.39 is 0 Å². The summed E-state index contributed by atoms with van der Waals surface area (Å²) in [7, 11) is 1.94. The summed E-state index contributed by atoms with van der Waals surface area (Å²) in [4.78, 5) is 21.4. The molecule has 0 saturated carbocycles. The van der Waals surface area contributed by atoms with E-state index in [1.54, 1.807) is 12.1 Å². The predicted octanol–water partition coefficient (Wildman–Crippen LogP) is 3.02. The Hall–Kier alpha value is -2.71. The lowest BCUT2D eigenvalue weighted by atomic mass is 10.1. The molecule has 3 aromatic rings. The van der Waals surface area contributed by atoms with Crippen LogP contribution in [0.3, 0.4) is 0 Å². The minimum Gasteiger partial charge on any atom is -0.340 e. The molecular weight excluding hydrogens is 416 g/mol. The molecule has 0 bridgehead atoms. The number of carbonyl (C=O) groups is 1. The van der Waals surface area contributed by atoms with E-state index in [-0.39, 0.29) is 5.91 Å². The van der Waals surface area contributed by atoms with E-state index in [4.69, 9.17) is 16.1 Å². The van der Waals surface area contributed by atoms with Gasteiger partial charge in [-0.3, -0.25) is 14.4 Å². The van der Waals surface area contributed by atoms with E-state index in [0.717, 1.165) is 36.5 Å². The smallest absolute Gasteiger partial charge is 0.241 e. The second kappa shape index (κ2) is 9.20. The Labute approximate surface area is 186 Å². The molecule has 2 aromatic heterocycles. The van der Waals surface area contributed by atoms with Gasteiger partial charge in [-0.25, -0.2) is 0 Å². The summed E-state index contributed by atoms with van der Waals surface area (Å²) in [5, 5.41) is 9.17. The number of hydrogen-bond donors (Lipinski definition) is 0. The van der Waals surface area contributed by atoms with Gasteiger partial charge in [-0.2, -0.15) is 10.1 Å². The molecule has 0 radical (unpaired) electrons. The molecule has 3 heterocycles. The number of amides is 1. The van der Waals surface area contributed by atoms with Crippen LogP contribution < -0.4 is 0 Å². The Morgan fingerprint density at radius 3 is 2.48 bits per heavy atom. The third-order valence-electron chi connectivity index (χ3n) is 5.90.